The van der Waals surface area contributed by atoms with Crippen LogP contribution in [0.2, 0.25) is 0 Å². The molecule has 1 atom stereocenters. The van der Waals surface area contributed by atoms with Crippen LogP contribution < -0.4 is 10.6 Å². The molecule has 2 aliphatic heterocycles. The highest BCUT2D eigenvalue weighted by Gasteiger charge is 2.36. The molecular weight excluding hydrogens is 471 g/mol. The van der Waals surface area contributed by atoms with Gasteiger partial charge in [0.25, 0.3) is 5.91 Å². The predicted octanol–water partition coefficient (Wildman–Crippen LogP) is 5.16. The fourth-order valence-corrected chi connectivity index (χ4v) is 4.29. The lowest BCUT2D eigenvalue weighted by Gasteiger charge is -2.26. The van der Waals surface area contributed by atoms with E-state index >= 15 is 0 Å². The van der Waals surface area contributed by atoms with E-state index in [1.807, 2.05) is 53.4 Å². The molecule has 36 heavy (non-hydrogen) atoms. The summed E-state index contributed by atoms with van der Waals surface area (Å²) < 4.78 is 46.1. The number of rotatable bonds is 6. The van der Waals surface area contributed by atoms with Crippen LogP contribution in [0.5, 0.6) is 0 Å². The minimum atomic E-state index is -4.70. The van der Waals surface area contributed by atoms with Crippen molar-refractivity contribution in [1.29, 1.82) is 0 Å². The molecule has 2 aliphatic rings. The average molecular weight is 493 g/mol. The lowest BCUT2D eigenvalue weighted by molar-refractivity contribution is -0.137. The molecule has 0 spiro atoms. The second-order valence-electron chi connectivity index (χ2n) is 8.62. The van der Waals surface area contributed by atoms with Crippen molar-refractivity contribution < 1.29 is 27.5 Å². The molecule has 2 bridgehead atoms. The Labute approximate surface area is 205 Å². The maximum Gasteiger partial charge on any atom is 0.418 e. The molecule has 3 aromatic rings. The highest BCUT2D eigenvalue weighted by Crippen LogP contribution is 2.36. The van der Waals surface area contributed by atoms with Gasteiger partial charge in [-0.1, -0.05) is 42.5 Å². The van der Waals surface area contributed by atoms with Crippen LogP contribution in [-0.2, 0) is 15.7 Å². The van der Waals surface area contributed by atoms with E-state index in [1.54, 1.807) is 12.1 Å². The fourth-order valence-electron chi connectivity index (χ4n) is 4.29. The van der Waals surface area contributed by atoms with Crippen LogP contribution in [0.15, 0.2) is 84.6 Å². The number of nitrogens with zero attached hydrogens (tertiary/aromatic N) is 1. The van der Waals surface area contributed by atoms with Gasteiger partial charge in [-0.15, -0.1) is 0 Å². The van der Waals surface area contributed by atoms with Gasteiger partial charge in [0.1, 0.15) is 12.4 Å². The van der Waals surface area contributed by atoms with Crippen molar-refractivity contribution in [3.05, 3.63) is 95.8 Å². The Bertz CT molecular complexity index is 1320. The lowest BCUT2D eigenvalue weighted by atomic mass is 10.1. The predicted molar refractivity (Wildman–Crippen MR) is 129 cm³/mol. The van der Waals surface area contributed by atoms with Gasteiger partial charge in [-0.2, -0.15) is 13.2 Å². The number of halogens is 3. The molecule has 184 valence electrons. The van der Waals surface area contributed by atoms with Gasteiger partial charge in [-0.3, -0.25) is 14.5 Å². The second kappa shape index (κ2) is 9.50. The Kier molecular flexibility index (Phi) is 6.24. The summed E-state index contributed by atoms with van der Waals surface area (Å²) >= 11 is 0. The first-order valence-corrected chi connectivity index (χ1v) is 11.3. The van der Waals surface area contributed by atoms with Crippen molar-refractivity contribution in [2.45, 2.75) is 12.2 Å². The molecule has 6 nitrogen and oxygen atoms in total. The van der Waals surface area contributed by atoms with E-state index in [4.69, 9.17) is 4.74 Å². The molecule has 0 saturated heterocycles. The van der Waals surface area contributed by atoms with Crippen molar-refractivity contribution in [3.8, 4) is 11.1 Å². The van der Waals surface area contributed by atoms with Gasteiger partial charge in [-0.25, -0.2) is 0 Å². The summed E-state index contributed by atoms with van der Waals surface area (Å²) in [6.45, 7) is 0.781. The van der Waals surface area contributed by atoms with Gasteiger partial charge < -0.3 is 15.4 Å². The van der Waals surface area contributed by atoms with Crippen molar-refractivity contribution in [1.82, 2.24) is 4.90 Å². The molecule has 0 radical (unpaired) electrons. The normalized spacial score (nSPS) is 16.9. The molecule has 2 amide bonds. The number of fused-ring (bicyclic) bond motifs is 1. The van der Waals surface area contributed by atoms with E-state index < -0.39 is 29.2 Å². The fraction of sp³-hybridized carbons (Fsp3) is 0.185. The Balaban J connectivity index is 1.30. The van der Waals surface area contributed by atoms with Gasteiger partial charge >= 0.3 is 6.18 Å². The molecule has 9 heteroatoms. The van der Waals surface area contributed by atoms with E-state index in [1.165, 1.54) is 0 Å². The summed E-state index contributed by atoms with van der Waals surface area (Å²) in [5, 5.41) is 5.03. The van der Waals surface area contributed by atoms with Gasteiger partial charge in [-0.05, 0) is 47.5 Å². The number of nitrogens with one attached hydrogen (secondary N) is 2. The van der Waals surface area contributed by atoms with E-state index in [0.717, 1.165) is 35.1 Å². The van der Waals surface area contributed by atoms with Crippen LogP contribution in [0, 0.1) is 0 Å². The maximum atomic E-state index is 13.6. The molecule has 0 fully saturated rings. The second-order valence-corrected chi connectivity index (χ2v) is 8.62. The first-order valence-electron chi connectivity index (χ1n) is 11.3. The number of benzene rings is 3. The van der Waals surface area contributed by atoms with Crippen molar-refractivity contribution in [2.24, 2.45) is 0 Å². The molecular formula is C27H22F3N3O3. The van der Waals surface area contributed by atoms with Crippen molar-refractivity contribution in [2.75, 3.05) is 30.3 Å². The number of hydrogen-bond acceptors (Lipinski definition) is 4. The van der Waals surface area contributed by atoms with Crippen LogP contribution in [0.3, 0.4) is 0 Å². The molecule has 0 unspecified atom stereocenters. The van der Waals surface area contributed by atoms with Gasteiger partial charge in [0, 0.05) is 11.3 Å². The van der Waals surface area contributed by atoms with Crippen molar-refractivity contribution in [3.63, 3.8) is 0 Å². The first kappa shape index (κ1) is 23.6. The van der Waals surface area contributed by atoms with Crippen LogP contribution in [0.4, 0.5) is 24.5 Å². The van der Waals surface area contributed by atoms with Gasteiger partial charge in [0.05, 0.1) is 30.4 Å². The largest absolute Gasteiger partial charge is 0.495 e. The summed E-state index contributed by atoms with van der Waals surface area (Å²) in [5.41, 5.74) is 0.975. The monoisotopic (exact) mass is 493 g/mol. The summed E-state index contributed by atoms with van der Waals surface area (Å²) in [6, 6.07) is 19.7. The van der Waals surface area contributed by atoms with E-state index in [-0.39, 0.29) is 18.2 Å². The van der Waals surface area contributed by atoms with Gasteiger partial charge in [0.15, 0.2) is 0 Å². The summed E-state index contributed by atoms with van der Waals surface area (Å²) in [6.07, 6.45) is -2.80. The van der Waals surface area contributed by atoms with Gasteiger partial charge in [0.2, 0.25) is 5.91 Å². The highest BCUT2D eigenvalue weighted by atomic mass is 19.4. The zero-order chi connectivity index (χ0) is 25.3. The zero-order valence-electron chi connectivity index (χ0n) is 19.0. The number of morpholine rings is 1. The summed E-state index contributed by atoms with van der Waals surface area (Å²) in [5.74, 6) is -0.429. The minimum Gasteiger partial charge on any atom is -0.495 e. The maximum absolute atomic E-state index is 13.6. The zero-order valence-corrected chi connectivity index (χ0v) is 19.0. The number of ether oxygens (including phenoxy) is 1. The van der Waals surface area contributed by atoms with Crippen LogP contribution in [-0.4, -0.2) is 42.5 Å². The Morgan fingerprint density at radius 1 is 0.944 bits per heavy atom. The third-order valence-corrected chi connectivity index (χ3v) is 6.10. The summed E-state index contributed by atoms with van der Waals surface area (Å²) in [7, 11) is 0. The molecule has 5 rings (SSSR count). The quantitative estimate of drug-likeness (QED) is 0.498. The SMILES string of the molecule is O=C(CN1CC2=C[C@H]1CO2)Nc1cc(C(=O)Nc2ccc(-c3ccccc3)cc2)ccc1C(F)(F)F. The number of carbonyl (C=O) groups is 2. The first-order chi connectivity index (χ1) is 17.3. The molecule has 0 aliphatic carbocycles. The number of anilines is 2. The summed E-state index contributed by atoms with van der Waals surface area (Å²) in [4.78, 5) is 27.2. The van der Waals surface area contributed by atoms with E-state index in [9.17, 15) is 22.8 Å². The topological polar surface area (TPSA) is 70.7 Å². The third-order valence-electron chi connectivity index (χ3n) is 6.10. The van der Waals surface area contributed by atoms with Crippen LogP contribution >= 0.6 is 0 Å². The Hall–Kier alpha value is -4.11. The Morgan fingerprint density at radius 3 is 2.31 bits per heavy atom. The standard InChI is InChI=1S/C27H22F3N3O3/c28-27(29,30)23-11-8-19(12-24(23)32-25(34)15-33-14-22-13-21(33)16-36-22)26(35)31-20-9-6-18(7-10-20)17-4-2-1-3-5-17/h1-13,21H,14-16H2,(H,31,35)(H,32,34)/t21-/m0/s1. The average Bonchev–Trinajstić information content (AvgIpc) is 3.48. The van der Waals surface area contributed by atoms with E-state index in [2.05, 4.69) is 10.6 Å². The van der Waals surface area contributed by atoms with Crippen LogP contribution in [0.1, 0.15) is 15.9 Å². The number of alkyl halides is 3. The molecule has 2 N–H and O–H groups in total. The minimum absolute atomic E-state index is 0.0112. The van der Waals surface area contributed by atoms with Crippen LogP contribution in [0.25, 0.3) is 11.1 Å². The number of carbonyl (C=O) groups excluding carboxylic acids is 2. The molecule has 0 saturated carbocycles. The molecule has 0 aromatic heterocycles. The third kappa shape index (κ3) is 5.11. The Morgan fingerprint density at radius 2 is 1.67 bits per heavy atom. The lowest BCUT2D eigenvalue weighted by Crippen LogP contribution is -2.41. The van der Waals surface area contributed by atoms with E-state index in [0.29, 0.717) is 18.8 Å². The molecule has 2 heterocycles. The molecule has 3 aromatic carbocycles. The smallest absolute Gasteiger partial charge is 0.418 e. The van der Waals surface area contributed by atoms with Crippen molar-refractivity contribution >= 4 is 23.2 Å². The number of hydrogen-bond donors (Lipinski definition) is 2. The number of amides is 2. The highest BCUT2D eigenvalue weighted by molar-refractivity contribution is 6.05.